The van der Waals surface area contributed by atoms with Crippen LogP contribution in [0.4, 0.5) is 4.79 Å². The van der Waals surface area contributed by atoms with E-state index in [0.29, 0.717) is 13.2 Å². The summed E-state index contributed by atoms with van der Waals surface area (Å²) in [6.07, 6.45) is 0.495. The molecule has 0 bridgehead atoms. The highest BCUT2D eigenvalue weighted by molar-refractivity contribution is 5.64. The van der Waals surface area contributed by atoms with Gasteiger partial charge < -0.3 is 14.7 Å². The van der Waals surface area contributed by atoms with Crippen molar-refractivity contribution in [3.63, 3.8) is 0 Å². The van der Waals surface area contributed by atoms with Gasteiger partial charge in [-0.15, -0.1) is 0 Å². The van der Waals surface area contributed by atoms with Crippen molar-refractivity contribution in [2.45, 2.75) is 6.10 Å². The zero-order chi connectivity index (χ0) is 15.2. The molecule has 0 aliphatic heterocycles. The van der Waals surface area contributed by atoms with E-state index in [1.165, 1.54) is 11.9 Å². The lowest BCUT2D eigenvalue weighted by atomic mass is 10.1. The Morgan fingerprint density at radius 2 is 2.10 bits per heavy atom. The van der Waals surface area contributed by atoms with Crippen molar-refractivity contribution in [1.29, 1.82) is 0 Å². The Bertz CT molecular complexity index is 583. The zero-order valence-corrected chi connectivity index (χ0v) is 12.1. The van der Waals surface area contributed by atoms with Gasteiger partial charge in [-0.2, -0.15) is 5.10 Å². The number of hydrogen-bond donors (Lipinski definition) is 1. The van der Waals surface area contributed by atoms with Gasteiger partial charge in [0.05, 0.1) is 12.3 Å². The fraction of sp³-hybridized carbons (Fsp3) is 0.333. The maximum absolute atomic E-state index is 10.8. The topological polar surface area (TPSA) is 67.6 Å². The number of amides is 1. The van der Waals surface area contributed by atoms with Crippen LogP contribution in [-0.4, -0.2) is 46.1 Å². The second kappa shape index (κ2) is 6.90. The first kappa shape index (κ1) is 15.1. The summed E-state index contributed by atoms with van der Waals surface area (Å²) in [7, 11) is 3.38. The van der Waals surface area contributed by atoms with Crippen molar-refractivity contribution in [1.82, 2.24) is 14.7 Å². The lowest BCUT2D eigenvalue weighted by molar-refractivity contribution is 0.0592. The van der Waals surface area contributed by atoms with E-state index in [0.717, 1.165) is 11.3 Å². The maximum Gasteiger partial charge on any atom is 0.407 e. The van der Waals surface area contributed by atoms with Gasteiger partial charge in [0, 0.05) is 26.8 Å². The van der Waals surface area contributed by atoms with Gasteiger partial charge >= 0.3 is 6.09 Å². The lowest BCUT2D eigenvalue weighted by Gasteiger charge is -2.20. The predicted octanol–water partition coefficient (Wildman–Crippen LogP) is 2.14. The van der Waals surface area contributed by atoms with Crippen LogP contribution < -0.4 is 0 Å². The molecule has 2 rings (SSSR count). The summed E-state index contributed by atoms with van der Waals surface area (Å²) in [6.45, 7) is 0.629. The van der Waals surface area contributed by atoms with E-state index in [9.17, 15) is 4.79 Å². The van der Waals surface area contributed by atoms with E-state index in [1.807, 2.05) is 43.4 Å². The minimum atomic E-state index is -0.963. The van der Waals surface area contributed by atoms with Crippen LogP contribution in [0.3, 0.4) is 0 Å². The average Bonchev–Trinajstić information content (AvgIpc) is 2.90. The molecule has 1 aromatic carbocycles. The second-order valence-corrected chi connectivity index (χ2v) is 4.75. The Morgan fingerprint density at radius 1 is 1.38 bits per heavy atom. The summed E-state index contributed by atoms with van der Waals surface area (Å²) in [6, 6.07) is 11.7. The minimum absolute atomic E-state index is 0.263. The Kier molecular flexibility index (Phi) is 4.94. The van der Waals surface area contributed by atoms with Crippen molar-refractivity contribution in [2.75, 3.05) is 20.2 Å². The summed E-state index contributed by atoms with van der Waals surface area (Å²) in [5.74, 6) is 0. The number of nitrogens with zero attached hydrogens (tertiary/aromatic N) is 3. The summed E-state index contributed by atoms with van der Waals surface area (Å²) in [5, 5.41) is 13.0. The van der Waals surface area contributed by atoms with E-state index in [-0.39, 0.29) is 6.10 Å². The number of aryl methyl sites for hydroxylation is 1. The Labute approximate surface area is 123 Å². The van der Waals surface area contributed by atoms with E-state index < -0.39 is 6.09 Å². The van der Waals surface area contributed by atoms with Crippen LogP contribution in [0.25, 0.3) is 0 Å². The quantitative estimate of drug-likeness (QED) is 0.884. The fourth-order valence-corrected chi connectivity index (χ4v) is 2.02. The minimum Gasteiger partial charge on any atom is -0.465 e. The van der Waals surface area contributed by atoms with Crippen molar-refractivity contribution in [3.8, 4) is 0 Å². The van der Waals surface area contributed by atoms with E-state index in [2.05, 4.69) is 5.10 Å². The molecular weight excluding hydrogens is 270 g/mol. The summed E-state index contributed by atoms with van der Waals surface area (Å²) in [4.78, 5) is 12.0. The van der Waals surface area contributed by atoms with Crippen LogP contribution in [0.15, 0.2) is 42.6 Å². The number of aromatic nitrogens is 2. The number of carboxylic acid groups (broad SMARTS) is 1. The second-order valence-electron chi connectivity index (χ2n) is 4.75. The standard InChI is InChI=1S/C15H19N3O3/c1-17(15(19)20)10-11-21-14(12-6-4-3-5-7-12)13-8-9-16-18(13)2/h3-9,14H,10-11H2,1-2H3,(H,19,20). The summed E-state index contributed by atoms with van der Waals surface area (Å²) in [5.41, 5.74) is 1.94. The molecule has 0 spiro atoms. The molecule has 1 unspecified atom stereocenters. The Hall–Kier alpha value is -2.34. The SMILES string of the molecule is CN(CCOC(c1ccccc1)c1ccnn1C)C(=O)O. The number of benzene rings is 1. The third-order valence-corrected chi connectivity index (χ3v) is 3.27. The van der Waals surface area contributed by atoms with Gasteiger partial charge in [-0.05, 0) is 11.6 Å². The van der Waals surface area contributed by atoms with Crippen molar-refractivity contribution >= 4 is 6.09 Å². The molecule has 1 atom stereocenters. The third kappa shape index (κ3) is 3.82. The first-order valence-electron chi connectivity index (χ1n) is 6.68. The molecule has 112 valence electrons. The van der Waals surface area contributed by atoms with Crippen LogP contribution in [-0.2, 0) is 11.8 Å². The number of ether oxygens (including phenoxy) is 1. The van der Waals surface area contributed by atoms with Crippen LogP contribution in [0.2, 0.25) is 0 Å². The highest BCUT2D eigenvalue weighted by atomic mass is 16.5. The number of carbonyl (C=O) groups is 1. The first-order chi connectivity index (χ1) is 10.1. The predicted molar refractivity (Wildman–Crippen MR) is 78.1 cm³/mol. The molecule has 0 aliphatic carbocycles. The first-order valence-corrected chi connectivity index (χ1v) is 6.68. The Balaban J connectivity index is 2.11. The lowest BCUT2D eigenvalue weighted by Crippen LogP contribution is -2.29. The Morgan fingerprint density at radius 3 is 2.67 bits per heavy atom. The van der Waals surface area contributed by atoms with Crippen LogP contribution in [0.5, 0.6) is 0 Å². The monoisotopic (exact) mass is 289 g/mol. The van der Waals surface area contributed by atoms with Gasteiger partial charge in [-0.1, -0.05) is 30.3 Å². The van der Waals surface area contributed by atoms with Crippen molar-refractivity contribution < 1.29 is 14.6 Å². The molecule has 6 heteroatoms. The van der Waals surface area contributed by atoms with Gasteiger partial charge in [0.1, 0.15) is 6.10 Å². The summed E-state index contributed by atoms with van der Waals surface area (Å²) < 4.78 is 7.67. The van der Waals surface area contributed by atoms with Crippen molar-refractivity contribution in [2.24, 2.45) is 7.05 Å². The molecule has 6 nitrogen and oxygen atoms in total. The van der Waals surface area contributed by atoms with Gasteiger partial charge in [0.15, 0.2) is 0 Å². The molecule has 2 aromatic rings. The molecule has 1 heterocycles. The fourth-order valence-electron chi connectivity index (χ4n) is 2.02. The van der Waals surface area contributed by atoms with Crippen molar-refractivity contribution in [3.05, 3.63) is 53.9 Å². The average molecular weight is 289 g/mol. The molecule has 0 aliphatic rings. The molecule has 1 N–H and O–H groups in total. The van der Waals surface area contributed by atoms with E-state index >= 15 is 0 Å². The molecule has 21 heavy (non-hydrogen) atoms. The van der Waals surface area contributed by atoms with E-state index in [4.69, 9.17) is 9.84 Å². The largest absolute Gasteiger partial charge is 0.465 e. The normalized spacial score (nSPS) is 12.1. The number of hydrogen-bond acceptors (Lipinski definition) is 3. The zero-order valence-electron chi connectivity index (χ0n) is 12.1. The van der Waals surface area contributed by atoms with Crippen LogP contribution in [0, 0.1) is 0 Å². The smallest absolute Gasteiger partial charge is 0.407 e. The van der Waals surface area contributed by atoms with E-state index in [1.54, 1.807) is 10.9 Å². The van der Waals surface area contributed by atoms with Gasteiger partial charge in [-0.3, -0.25) is 4.68 Å². The number of rotatable bonds is 6. The highest BCUT2D eigenvalue weighted by Gasteiger charge is 2.18. The molecule has 0 saturated heterocycles. The maximum atomic E-state index is 10.8. The molecule has 0 fully saturated rings. The molecule has 1 aromatic heterocycles. The molecule has 0 radical (unpaired) electrons. The van der Waals surface area contributed by atoms with Gasteiger partial charge in [-0.25, -0.2) is 4.79 Å². The molecular formula is C15H19N3O3. The van der Waals surface area contributed by atoms with Crippen LogP contribution >= 0.6 is 0 Å². The highest BCUT2D eigenvalue weighted by Crippen LogP contribution is 2.25. The van der Waals surface area contributed by atoms with Gasteiger partial charge in [0.25, 0.3) is 0 Å². The summed E-state index contributed by atoms with van der Waals surface area (Å²) >= 11 is 0. The van der Waals surface area contributed by atoms with Gasteiger partial charge in [0.2, 0.25) is 0 Å². The molecule has 0 saturated carbocycles. The third-order valence-electron chi connectivity index (χ3n) is 3.27. The number of likely N-dealkylation sites (N-methyl/N-ethyl adjacent to an activating group) is 1. The van der Waals surface area contributed by atoms with Crippen LogP contribution in [0.1, 0.15) is 17.4 Å². The molecule has 1 amide bonds.